The molecule has 48 heavy (non-hydrogen) atoms. The molecule has 0 aromatic heterocycles. The van der Waals surface area contributed by atoms with E-state index in [1.807, 2.05) is 0 Å². The van der Waals surface area contributed by atoms with E-state index >= 15 is 0 Å². The van der Waals surface area contributed by atoms with Crippen molar-refractivity contribution in [1.29, 1.82) is 0 Å². The molecule has 5 heteroatoms. The van der Waals surface area contributed by atoms with Crippen LogP contribution in [0.5, 0.6) is 0 Å². The Morgan fingerprint density at radius 3 is 0.729 bits per heavy atom. The molecule has 0 bridgehead atoms. The third-order valence-corrected chi connectivity index (χ3v) is 11.1. The summed E-state index contributed by atoms with van der Waals surface area (Å²) < 4.78 is 36.2. The Bertz CT molecular complexity index is 695. The third kappa shape index (κ3) is 42.0. The van der Waals surface area contributed by atoms with Crippen LogP contribution in [0.15, 0.2) is 0 Å². The zero-order valence-corrected chi connectivity index (χ0v) is 33.8. The minimum absolute atomic E-state index is 0.136. The van der Waals surface area contributed by atoms with E-state index < -0.39 is 10.4 Å². The van der Waals surface area contributed by atoms with Gasteiger partial charge in [-0.15, -0.1) is 0 Å². The summed E-state index contributed by atoms with van der Waals surface area (Å²) in [5.41, 5.74) is 0. The molecule has 1 N–H and O–H groups in total. The van der Waals surface area contributed by atoms with Gasteiger partial charge in [0.25, 0.3) is 0 Å². The molecule has 0 radical (unpaired) electrons. The molecule has 0 amide bonds. The Morgan fingerprint density at radius 2 is 0.542 bits per heavy atom. The molecule has 0 fully saturated rings. The molecular formula is C43H88O4S. The number of unbranched alkanes of at least 4 members (excludes halogenated alkanes) is 35. The van der Waals surface area contributed by atoms with Crippen LogP contribution in [0.25, 0.3) is 0 Å². The summed E-state index contributed by atoms with van der Waals surface area (Å²) in [5.74, 6) is 0.235. The van der Waals surface area contributed by atoms with Gasteiger partial charge in [0, 0.05) is 0 Å². The van der Waals surface area contributed by atoms with Gasteiger partial charge in [0.15, 0.2) is 0 Å². The summed E-state index contributed by atoms with van der Waals surface area (Å²) in [5, 5.41) is 0. The standard InChI is InChI=1S/C43H88O4S/c1-3-5-7-9-11-13-15-17-19-21-23-25-27-29-31-33-35-37-39-41-43(42-47-48(44,45)46)40-38-36-34-32-30-28-26-24-22-20-18-16-14-12-10-8-6-4-2/h43H,3-42H2,1-2H3,(H,44,45,46). The minimum Gasteiger partial charge on any atom is -0.264 e. The summed E-state index contributed by atoms with van der Waals surface area (Å²) >= 11 is 0. The predicted octanol–water partition coefficient (Wildman–Crippen LogP) is 15.7. The highest BCUT2D eigenvalue weighted by Gasteiger charge is 2.13. The fourth-order valence-electron chi connectivity index (χ4n) is 7.34. The first-order valence-electron chi connectivity index (χ1n) is 22.1. The highest BCUT2D eigenvalue weighted by molar-refractivity contribution is 7.80. The van der Waals surface area contributed by atoms with E-state index in [4.69, 9.17) is 8.74 Å². The molecule has 1 unspecified atom stereocenters. The lowest BCUT2D eigenvalue weighted by Crippen LogP contribution is -2.14. The molecule has 0 aromatic carbocycles. The van der Waals surface area contributed by atoms with E-state index in [2.05, 4.69) is 13.8 Å². The average Bonchev–Trinajstić information content (AvgIpc) is 3.06. The second kappa shape index (κ2) is 39.7. The zero-order valence-electron chi connectivity index (χ0n) is 32.9. The normalized spacial score (nSPS) is 12.6. The van der Waals surface area contributed by atoms with Crippen LogP contribution in [-0.2, 0) is 14.6 Å². The van der Waals surface area contributed by atoms with Crippen LogP contribution < -0.4 is 0 Å². The van der Waals surface area contributed by atoms with Gasteiger partial charge in [0.1, 0.15) is 0 Å². The van der Waals surface area contributed by atoms with Crippen molar-refractivity contribution < 1.29 is 17.2 Å². The zero-order chi connectivity index (χ0) is 35.1. The fraction of sp³-hybridized carbons (Fsp3) is 1.00. The van der Waals surface area contributed by atoms with Crippen molar-refractivity contribution in [3.05, 3.63) is 0 Å². The van der Waals surface area contributed by atoms with Crippen LogP contribution in [0, 0.1) is 5.92 Å². The second-order valence-corrected chi connectivity index (χ2v) is 16.6. The summed E-state index contributed by atoms with van der Waals surface area (Å²) in [7, 11) is -4.35. The van der Waals surface area contributed by atoms with Gasteiger partial charge < -0.3 is 0 Å². The van der Waals surface area contributed by atoms with Crippen molar-refractivity contribution in [3.63, 3.8) is 0 Å². The maximum Gasteiger partial charge on any atom is 0.397 e. The first-order chi connectivity index (χ1) is 23.5. The van der Waals surface area contributed by atoms with Crippen LogP contribution in [0.3, 0.4) is 0 Å². The molecule has 0 rings (SSSR count). The first-order valence-corrected chi connectivity index (χ1v) is 23.5. The molecule has 0 spiro atoms. The second-order valence-electron chi connectivity index (χ2n) is 15.5. The number of hydrogen-bond acceptors (Lipinski definition) is 3. The van der Waals surface area contributed by atoms with Gasteiger partial charge in [-0.25, -0.2) is 4.18 Å². The summed E-state index contributed by atoms with van der Waals surface area (Å²) in [6.45, 7) is 4.71. The van der Waals surface area contributed by atoms with Crippen LogP contribution >= 0.6 is 0 Å². The lowest BCUT2D eigenvalue weighted by Gasteiger charge is -2.16. The summed E-state index contributed by atoms with van der Waals surface area (Å²) in [6.07, 6.45) is 52.9. The molecule has 4 nitrogen and oxygen atoms in total. The van der Waals surface area contributed by atoms with Crippen LogP contribution in [0.4, 0.5) is 0 Å². The van der Waals surface area contributed by atoms with E-state index in [0.717, 1.165) is 25.7 Å². The maximum absolute atomic E-state index is 11.2. The lowest BCUT2D eigenvalue weighted by atomic mass is 9.94. The van der Waals surface area contributed by atoms with E-state index in [1.54, 1.807) is 0 Å². The van der Waals surface area contributed by atoms with Gasteiger partial charge in [-0.3, -0.25) is 4.55 Å². The smallest absolute Gasteiger partial charge is 0.264 e. The van der Waals surface area contributed by atoms with Gasteiger partial charge in [-0.1, -0.05) is 251 Å². The topological polar surface area (TPSA) is 63.6 Å². The van der Waals surface area contributed by atoms with Gasteiger partial charge >= 0.3 is 10.4 Å². The monoisotopic (exact) mass is 701 g/mol. The average molecular weight is 701 g/mol. The quantitative estimate of drug-likeness (QED) is 0.0508. The van der Waals surface area contributed by atoms with E-state index in [0.29, 0.717) is 0 Å². The molecule has 290 valence electrons. The largest absolute Gasteiger partial charge is 0.397 e. The summed E-state index contributed by atoms with van der Waals surface area (Å²) in [6, 6.07) is 0. The van der Waals surface area contributed by atoms with Crippen LogP contribution in [-0.4, -0.2) is 19.6 Å². The van der Waals surface area contributed by atoms with E-state index in [1.165, 1.54) is 225 Å². The number of hydrogen-bond donors (Lipinski definition) is 1. The molecule has 0 aliphatic rings. The third-order valence-electron chi connectivity index (χ3n) is 10.6. The molecule has 0 heterocycles. The molecule has 0 saturated heterocycles. The molecule has 0 aliphatic carbocycles. The Labute approximate surface area is 303 Å². The van der Waals surface area contributed by atoms with E-state index in [-0.39, 0.29) is 12.5 Å². The van der Waals surface area contributed by atoms with Crippen LogP contribution in [0.1, 0.15) is 264 Å². The first kappa shape index (κ1) is 47.9. The van der Waals surface area contributed by atoms with Crippen molar-refractivity contribution in [1.82, 2.24) is 0 Å². The van der Waals surface area contributed by atoms with Crippen molar-refractivity contribution in [2.45, 2.75) is 264 Å². The number of rotatable bonds is 42. The van der Waals surface area contributed by atoms with Gasteiger partial charge in [0.2, 0.25) is 0 Å². The van der Waals surface area contributed by atoms with Gasteiger partial charge in [0.05, 0.1) is 6.61 Å². The highest BCUT2D eigenvalue weighted by atomic mass is 32.3. The summed E-state index contributed by atoms with van der Waals surface area (Å²) in [4.78, 5) is 0. The lowest BCUT2D eigenvalue weighted by molar-refractivity contribution is 0.204. The molecule has 0 saturated carbocycles. The Morgan fingerprint density at radius 1 is 0.354 bits per heavy atom. The Hall–Kier alpha value is -0.130. The SMILES string of the molecule is CCCCCCCCCCCCCCCCCCCCCC(CCCCCCCCCCCCCCCCCCCC)COS(=O)(=O)O. The van der Waals surface area contributed by atoms with Gasteiger partial charge in [-0.2, -0.15) is 8.42 Å². The Kier molecular flexibility index (Phi) is 39.5. The fourth-order valence-corrected chi connectivity index (χ4v) is 7.70. The molecule has 0 aliphatic heterocycles. The Balaban J connectivity index is 3.61. The van der Waals surface area contributed by atoms with Gasteiger partial charge in [-0.05, 0) is 18.8 Å². The minimum atomic E-state index is -4.35. The van der Waals surface area contributed by atoms with Crippen molar-refractivity contribution in [2.75, 3.05) is 6.61 Å². The predicted molar refractivity (Wildman–Crippen MR) is 212 cm³/mol. The van der Waals surface area contributed by atoms with E-state index in [9.17, 15) is 8.42 Å². The van der Waals surface area contributed by atoms with Crippen molar-refractivity contribution in [2.24, 2.45) is 5.92 Å². The molecular weight excluding hydrogens is 613 g/mol. The van der Waals surface area contributed by atoms with Crippen LogP contribution in [0.2, 0.25) is 0 Å². The maximum atomic E-state index is 11.2. The molecule has 0 aromatic rings. The highest BCUT2D eigenvalue weighted by Crippen LogP contribution is 2.21. The van der Waals surface area contributed by atoms with Crippen molar-refractivity contribution >= 4 is 10.4 Å². The molecule has 1 atom stereocenters. The van der Waals surface area contributed by atoms with Crippen molar-refractivity contribution in [3.8, 4) is 0 Å².